The minimum absolute atomic E-state index is 0.272. The lowest BCUT2D eigenvalue weighted by Crippen LogP contribution is -2.30. The van der Waals surface area contributed by atoms with Gasteiger partial charge in [0.1, 0.15) is 0 Å². The summed E-state index contributed by atoms with van der Waals surface area (Å²) in [6.45, 7) is 1.06. The van der Waals surface area contributed by atoms with Crippen molar-refractivity contribution in [3.05, 3.63) is 11.8 Å². The van der Waals surface area contributed by atoms with Gasteiger partial charge < -0.3 is 14.5 Å². The summed E-state index contributed by atoms with van der Waals surface area (Å²) in [5.74, 6) is 2.02. The summed E-state index contributed by atoms with van der Waals surface area (Å²) in [5, 5.41) is 11.9. The molecule has 1 aromatic rings. The fourth-order valence-electron chi connectivity index (χ4n) is 2.97. The van der Waals surface area contributed by atoms with Crippen LogP contribution in [0.1, 0.15) is 68.7 Å². The van der Waals surface area contributed by atoms with Crippen LogP contribution in [-0.4, -0.2) is 29.0 Å². The van der Waals surface area contributed by atoms with E-state index in [4.69, 9.17) is 9.15 Å². The molecule has 1 saturated heterocycles. The zero-order valence-electron chi connectivity index (χ0n) is 11.2. The van der Waals surface area contributed by atoms with E-state index in [-0.39, 0.29) is 6.04 Å². The molecule has 3 fully saturated rings. The number of aromatic nitrogens is 2. The standard InChI is InChI=1S/C14H21N3O2/c1-2-6-15-12(3-1)14-17-16-13(19-14)9-7-11(8-9)18-10-4-5-10/h9-12,15H,1-8H2/t9?,11?,12-/m1/s1. The van der Waals surface area contributed by atoms with Gasteiger partial charge >= 0.3 is 0 Å². The number of nitrogens with zero attached hydrogens (tertiary/aromatic N) is 2. The fourth-order valence-corrected chi connectivity index (χ4v) is 2.97. The van der Waals surface area contributed by atoms with E-state index in [2.05, 4.69) is 15.5 Å². The molecule has 4 rings (SSSR count). The Balaban J connectivity index is 1.33. The van der Waals surface area contributed by atoms with E-state index in [0.717, 1.165) is 37.6 Å². The maximum atomic E-state index is 5.87. The van der Waals surface area contributed by atoms with Gasteiger partial charge in [-0.1, -0.05) is 6.42 Å². The summed E-state index contributed by atoms with van der Waals surface area (Å²) in [6, 6.07) is 0.272. The van der Waals surface area contributed by atoms with Gasteiger partial charge in [0.25, 0.3) is 0 Å². The highest BCUT2D eigenvalue weighted by molar-refractivity contribution is 5.02. The van der Waals surface area contributed by atoms with Crippen LogP contribution in [0.15, 0.2) is 4.42 Å². The van der Waals surface area contributed by atoms with Gasteiger partial charge in [-0.15, -0.1) is 10.2 Å². The number of ether oxygens (including phenoxy) is 1. The molecule has 0 radical (unpaired) electrons. The maximum Gasteiger partial charge on any atom is 0.233 e. The Morgan fingerprint density at radius 2 is 1.84 bits per heavy atom. The van der Waals surface area contributed by atoms with Gasteiger partial charge in [0, 0.05) is 5.92 Å². The Bertz CT molecular complexity index is 432. The summed E-state index contributed by atoms with van der Waals surface area (Å²) in [7, 11) is 0. The van der Waals surface area contributed by atoms with Crippen LogP contribution in [0.2, 0.25) is 0 Å². The molecule has 3 aliphatic rings. The molecule has 1 N–H and O–H groups in total. The van der Waals surface area contributed by atoms with Crippen LogP contribution >= 0.6 is 0 Å². The second-order valence-electron chi connectivity index (χ2n) is 6.11. The molecular weight excluding hydrogens is 242 g/mol. The second-order valence-corrected chi connectivity index (χ2v) is 6.11. The Kier molecular flexibility index (Phi) is 3.04. The Hall–Kier alpha value is -0.940. The third kappa shape index (κ3) is 2.54. The van der Waals surface area contributed by atoms with E-state index in [1.165, 1.54) is 25.7 Å². The van der Waals surface area contributed by atoms with E-state index in [0.29, 0.717) is 18.1 Å². The van der Waals surface area contributed by atoms with Crippen LogP contribution in [0.5, 0.6) is 0 Å². The molecule has 1 aliphatic heterocycles. The molecule has 2 saturated carbocycles. The highest BCUT2D eigenvalue weighted by atomic mass is 16.5. The van der Waals surface area contributed by atoms with E-state index in [9.17, 15) is 0 Å². The summed E-state index contributed by atoms with van der Waals surface area (Å²) < 4.78 is 11.7. The number of nitrogens with one attached hydrogen (secondary N) is 1. The average Bonchev–Trinajstić information content (AvgIpc) is 3.10. The van der Waals surface area contributed by atoms with Crippen LogP contribution in [-0.2, 0) is 4.74 Å². The normalized spacial score (nSPS) is 35.1. The smallest absolute Gasteiger partial charge is 0.233 e. The van der Waals surface area contributed by atoms with Crippen molar-refractivity contribution in [2.24, 2.45) is 0 Å². The van der Waals surface area contributed by atoms with Crippen molar-refractivity contribution in [2.45, 2.75) is 69.1 Å². The molecule has 5 heteroatoms. The first-order valence-electron chi connectivity index (χ1n) is 7.60. The van der Waals surface area contributed by atoms with Crippen molar-refractivity contribution in [3.8, 4) is 0 Å². The molecule has 19 heavy (non-hydrogen) atoms. The van der Waals surface area contributed by atoms with Gasteiger partial charge in [0.05, 0.1) is 18.2 Å². The van der Waals surface area contributed by atoms with Crippen molar-refractivity contribution in [1.29, 1.82) is 0 Å². The predicted octanol–water partition coefficient (Wildman–Crippen LogP) is 2.31. The lowest BCUT2D eigenvalue weighted by atomic mass is 9.82. The quantitative estimate of drug-likeness (QED) is 0.903. The molecule has 0 spiro atoms. The van der Waals surface area contributed by atoms with Crippen LogP contribution in [0.25, 0.3) is 0 Å². The van der Waals surface area contributed by atoms with Crippen LogP contribution < -0.4 is 5.32 Å². The highest BCUT2D eigenvalue weighted by Crippen LogP contribution is 2.41. The Morgan fingerprint density at radius 1 is 1.00 bits per heavy atom. The average molecular weight is 263 g/mol. The molecule has 0 aromatic carbocycles. The minimum Gasteiger partial charge on any atom is -0.423 e. The lowest BCUT2D eigenvalue weighted by molar-refractivity contribution is -0.0258. The molecule has 1 atom stereocenters. The van der Waals surface area contributed by atoms with Gasteiger partial charge in [-0.2, -0.15) is 0 Å². The highest BCUT2D eigenvalue weighted by Gasteiger charge is 2.38. The molecule has 1 aromatic heterocycles. The topological polar surface area (TPSA) is 60.2 Å². The fraction of sp³-hybridized carbons (Fsp3) is 0.857. The minimum atomic E-state index is 0.272. The van der Waals surface area contributed by atoms with E-state index < -0.39 is 0 Å². The zero-order chi connectivity index (χ0) is 12.7. The van der Waals surface area contributed by atoms with Gasteiger partial charge in [-0.05, 0) is 45.1 Å². The first kappa shape index (κ1) is 11.9. The monoisotopic (exact) mass is 263 g/mol. The van der Waals surface area contributed by atoms with Crippen LogP contribution in [0, 0.1) is 0 Å². The summed E-state index contributed by atoms with van der Waals surface area (Å²) in [5.41, 5.74) is 0. The van der Waals surface area contributed by atoms with Crippen molar-refractivity contribution in [2.75, 3.05) is 6.54 Å². The maximum absolute atomic E-state index is 5.87. The van der Waals surface area contributed by atoms with Crippen molar-refractivity contribution >= 4 is 0 Å². The number of rotatable bonds is 4. The third-order valence-corrected chi connectivity index (χ3v) is 4.42. The summed E-state index contributed by atoms with van der Waals surface area (Å²) >= 11 is 0. The second kappa shape index (κ2) is 4.87. The summed E-state index contributed by atoms with van der Waals surface area (Å²) in [6.07, 6.45) is 9.19. The molecule has 2 heterocycles. The lowest BCUT2D eigenvalue weighted by Gasteiger charge is -2.32. The molecule has 0 unspecified atom stereocenters. The predicted molar refractivity (Wildman–Crippen MR) is 68.8 cm³/mol. The molecule has 104 valence electrons. The molecule has 0 amide bonds. The van der Waals surface area contributed by atoms with E-state index >= 15 is 0 Å². The summed E-state index contributed by atoms with van der Waals surface area (Å²) in [4.78, 5) is 0. The Labute approximate surface area is 113 Å². The van der Waals surface area contributed by atoms with Crippen molar-refractivity contribution < 1.29 is 9.15 Å². The Morgan fingerprint density at radius 3 is 2.58 bits per heavy atom. The largest absolute Gasteiger partial charge is 0.423 e. The van der Waals surface area contributed by atoms with Crippen molar-refractivity contribution in [1.82, 2.24) is 15.5 Å². The van der Waals surface area contributed by atoms with E-state index in [1.807, 2.05) is 0 Å². The SMILES string of the molecule is C1CC[C@H](c2nnc(C3CC(OC4CC4)C3)o2)NC1. The van der Waals surface area contributed by atoms with Gasteiger partial charge in [0.15, 0.2) is 0 Å². The van der Waals surface area contributed by atoms with Gasteiger partial charge in [-0.25, -0.2) is 0 Å². The number of hydrogen-bond donors (Lipinski definition) is 1. The first-order chi connectivity index (χ1) is 9.38. The third-order valence-electron chi connectivity index (χ3n) is 4.42. The molecule has 5 nitrogen and oxygen atoms in total. The number of hydrogen-bond acceptors (Lipinski definition) is 5. The van der Waals surface area contributed by atoms with Gasteiger partial charge in [0.2, 0.25) is 11.8 Å². The molecule has 0 bridgehead atoms. The van der Waals surface area contributed by atoms with Crippen molar-refractivity contribution in [3.63, 3.8) is 0 Å². The molecule has 2 aliphatic carbocycles. The number of piperidine rings is 1. The van der Waals surface area contributed by atoms with Crippen LogP contribution in [0.4, 0.5) is 0 Å². The van der Waals surface area contributed by atoms with E-state index in [1.54, 1.807) is 0 Å². The first-order valence-corrected chi connectivity index (χ1v) is 7.60. The molecular formula is C14H21N3O2. The van der Waals surface area contributed by atoms with Crippen LogP contribution in [0.3, 0.4) is 0 Å². The zero-order valence-corrected chi connectivity index (χ0v) is 11.2. The van der Waals surface area contributed by atoms with Gasteiger partial charge in [-0.3, -0.25) is 0 Å².